The number of aromatic nitrogens is 1. The maximum Gasteiger partial charge on any atom is 0.417 e. The molecule has 3 aromatic carbocycles. The first-order valence-corrected chi connectivity index (χ1v) is 11.2. The zero-order chi connectivity index (χ0) is 25.2. The molecule has 4 rings (SSSR count). The molecule has 0 atom stereocenters. The quantitative estimate of drug-likeness (QED) is 0.209. The Morgan fingerprint density at radius 3 is 2.31 bits per heavy atom. The zero-order valence-electron chi connectivity index (χ0n) is 18.7. The smallest absolute Gasteiger partial charge is 0.417 e. The number of hydrogen-bond acceptors (Lipinski definition) is 1. The Kier molecular flexibility index (Phi) is 6.85. The van der Waals surface area contributed by atoms with Crippen LogP contribution in [0, 0.1) is 0 Å². The molecule has 0 saturated heterocycles. The average molecular weight is 496 g/mol. The van der Waals surface area contributed by atoms with Crippen LogP contribution in [0.3, 0.4) is 0 Å². The van der Waals surface area contributed by atoms with Crippen LogP contribution in [0.2, 0.25) is 5.02 Å². The van der Waals surface area contributed by atoms with Gasteiger partial charge in [-0.25, -0.2) is 4.79 Å². The maximum absolute atomic E-state index is 13.6. The van der Waals surface area contributed by atoms with E-state index in [4.69, 9.17) is 16.7 Å². The molecule has 0 aliphatic rings. The normalized spacial score (nSPS) is 12.8. The van der Waals surface area contributed by atoms with Gasteiger partial charge in [0, 0.05) is 28.2 Å². The van der Waals surface area contributed by atoms with Crippen LogP contribution in [0.25, 0.3) is 28.1 Å². The van der Waals surface area contributed by atoms with Crippen LogP contribution >= 0.6 is 11.6 Å². The first-order chi connectivity index (χ1) is 16.7. The lowest BCUT2D eigenvalue weighted by molar-refractivity contribution is -0.137. The first-order valence-electron chi connectivity index (χ1n) is 10.9. The molecule has 3 nitrogen and oxygen atoms in total. The SMILES string of the molecule is CC/C(=C(/c1ccc(/C=C/C(=O)O)cc1)c1cc2ccccc2[nH]1)c1ccc(Cl)c(C(F)(F)F)c1. The molecular formula is C28H21ClF3NO2. The summed E-state index contributed by atoms with van der Waals surface area (Å²) >= 11 is 5.87. The van der Waals surface area contributed by atoms with Gasteiger partial charge in [0.1, 0.15) is 0 Å². The first kappa shape index (κ1) is 24.4. The minimum atomic E-state index is -4.58. The fourth-order valence-corrected chi connectivity index (χ4v) is 4.31. The number of alkyl halides is 3. The monoisotopic (exact) mass is 495 g/mol. The summed E-state index contributed by atoms with van der Waals surface area (Å²) in [6.07, 6.45) is -1.59. The average Bonchev–Trinajstić information content (AvgIpc) is 3.25. The van der Waals surface area contributed by atoms with Gasteiger partial charge in [-0.05, 0) is 59.0 Å². The van der Waals surface area contributed by atoms with Crippen molar-refractivity contribution in [2.45, 2.75) is 19.5 Å². The van der Waals surface area contributed by atoms with E-state index >= 15 is 0 Å². The summed E-state index contributed by atoms with van der Waals surface area (Å²) < 4.78 is 40.8. The van der Waals surface area contributed by atoms with Crippen LogP contribution in [-0.2, 0) is 11.0 Å². The van der Waals surface area contributed by atoms with Crippen molar-refractivity contribution in [3.63, 3.8) is 0 Å². The van der Waals surface area contributed by atoms with E-state index in [2.05, 4.69) is 4.98 Å². The van der Waals surface area contributed by atoms with Crippen molar-refractivity contribution >= 4 is 45.7 Å². The van der Waals surface area contributed by atoms with Crippen molar-refractivity contribution in [2.24, 2.45) is 0 Å². The van der Waals surface area contributed by atoms with Gasteiger partial charge in [0.25, 0.3) is 0 Å². The van der Waals surface area contributed by atoms with Crippen LogP contribution in [0.4, 0.5) is 13.2 Å². The molecule has 4 aromatic rings. The van der Waals surface area contributed by atoms with Crippen molar-refractivity contribution in [1.29, 1.82) is 0 Å². The van der Waals surface area contributed by atoms with Gasteiger partial charge in [-0.15, -0.1) is 0 Å². The van der Waals surface area contributed by atoms with Gasteiger partial charge in [0.05, 0.1) is 10.6 Å². The van der Waals surface area contributed by atoms with E-state index in [1.165, 1.54) is 12.1 Å². The third-order valence-electron chi connectivity index (χ3n) is 5.69. The van der Waals surface area contributed by atoms with Crippen LogP contribution in [0.1, 0.15) is 41.3 Å². The number of aliphatic carboxylic acids is 1. The number of rotatable bonds is 6. The topological polar surface area (TPSA) is 53.1 Å². The van der Waals surface area contributed by atoms with Gasteiger partial charge in [-0.1, -0.05) is 67.1 Å². The molecule has 0 unspecified atom stereocenters. The molecule has 0 aliphatic carbocycles. The predicted octanol–water partition coefficient (Wildman–Crippen LogP) is 8.31. The van der Waals surface area contributed by atoms with Crippen molar-refractivity contribution in [3.05, 3.63) is 112 Å². The van der Waals surface area contributed by atoms with Gasteiger partial charge in [0.2, 0.25) is 0 Å². The van der Waals surface area contributed by atoms with Gasteiger partial charge in [0.15, 0.2) is 0 Å². The standard InChI is InChI=1S/C28H21ClF3NO2/c1-2-21(19-12-13-23(29)22(15-19)28(30,31)32)27(25-16-20-5-3-4-6-24(20)33-25)18-10-7-17(8-11-18)9-14-26(34)35/h3-16,33H,2H2,1H3,(H,34,35)/b14-9+,27-21+. The van der Waals surface area contributed by atoms with Crippen LogP contribution in [-0.4, -0.2) is 16.1 Å². The molecule has 0 amide bonds. The third-order valence-corrected chi connectivity index (χ3v) is 6.02. The van der Waals surface area contributed by atoms with E-state index in [0.29, 0.717) is 23.1 Å². The number of H-pyrrole nitrogens is 1. The minimum absolute atomic E-state index is 0.349. The molecule has 0 radical (unpaired) electrons. The molecule has 178 valence electrons. The number of para-hydroxylation sites is 1. The molecule has 0 saturated carbocycles. The number of fused-ring (bicyclic) bond motifs is 1. The molecule has 0 aliphatic heterocycles. The lowest BCUT2D eigenvalue weighted by Gasteiger charge is -2.17. The summed E-state index contributed by atoms with van der Waals surface area (Å²) in [4.78, 5) is 14.2. The maximum atomic E-state index is 13.6. The van der Waals surface area contributed by atoms with E-state index in [9.17, 15) is 18.0 Å². The molecule has 7 heteroatoms. The highest BCUT2D eigenvalue weighted by Gasteiger charge is 2.33. The Balaban J connectivity index is 1.95. The Hall–Kier alpha value is -3.77. The number of nitrogens with one attached hydrogen (secondary N) is 1. The molecule has 0 fully saturated rings. The van der Waals surface area contributed by atoms with Crippen LogP contribution in [0.5, 0.6) is 0 Å². The summed E-state index contributed by atoms with van der Waals surface area (Å²) in [7, 11) is 0. The van der Waals surface area contributed by atoms with Crippen molar-refractivity contribution in [1.82, 2.24) is 4.98 Å². The van der Waals surface area contributed by atoms with Gasteiger partial charge < -0.3 is 10.1 Å². The van der Waals surface area contributed by atoms with Gasteiger partial charge in [-0.2, -0.15) is 13.2 Å². The third kappa shape index (κ3) is 5.33. The number of carboxylic acids is 1. The second-order valence-corrected chi connectivity index (χ2v) is 8.37. The van der Waals surface area contributed by atoms with E-state index in [-0.39, 0.29) is 5.02 Å². The Morgan fingerprint density at radius 1 is 1.00 bits per heavy atom. The van der Waals surface area contributed by atoms with E-state index in [1.54, 1.807) is 18.2 Å². The molecule has 1 aromatic heterocycles. The lowest BCUT2D eigenvalue weighted by atomic mass is 9.89. The molecular weight excluding hydrogens is 475 g/mol. The molecule has 0 bridgehead atoms. The summed E-state index contributed by atoms with van der Waals surface area (Å²) in [6, 6.07) is 20.9. The highest BCUT2D eigenvalue weighted by Crippen LogP contribution is 2.40. The summed E-state index contributed by atoms with van der Waals surface area (Å²) in [5, 5.41) is 9.50. The summed E-state index contributed by atoms with van der Waals surface area (Å²) in [5.74, 6) is -1.05. The van der Waals surface area contributed by atoms with Crippen molar-refractivity contribution in [3.8, 4) is 0 Å². The number of halogens is 4. The largest absolute Gasteiger partial charge is 0.478 e. The Morgan fingerprint density at radius 2 is 1.69 bits per heavy atom. The van der Waals surface area contributed by atoms with Crippen LogP contribution < -0.4 is 0 Å². The van der Waals surface area contributed by atoms with Crippen molar-refractivity contribution < 1.29 is 23.1 Å². The zero-order valence-corrected chi connectivity index (χ0v) is 19.4. The molecule has 1 heterocycles. The number of hydrogen-bond donors (Lipinski definition) is 2. The number of benzene rings is 3. The Labute approximate surface area is 205 Å². The minimum Gasteiger partial charge on any atom is -0.478 e. The van der Waals surface area contributed by atoms with E-state index in [1.807, 2.05) is 49.4 Å². The second kappa shape index (κ2) is 9.84. The Bertz CT molecular complexity index is 1410. The molecule has 0 spiro atoms. The number of carboxylic acid groups (broad SMARTS) is 1. The number of allylic oxidation sites excluding steroid dienone is 1. The summed E-state index contributed by atoms with van der Waals surface area (Å²) in [5.41, 5.74) is 4.16. The van der Waals surface area contributed by atoms with Gasteiger partial charge >= 0.3 is 12.1 Å². The predicted molar refractivity (Wildman–Crippen MR) is 134 cm³/mol. The molecule has 2 N–H and O–H groups in total. The fourth-order valence-electron chi connectivity index (χ4n) is 4.08. The second-order valence-electron chi connectivity index (χ2n) is 7.96. The number of carbonyl (C=O) groups is 1. The lowest BCUT2D eigenvalue weighted by Crippen LogP contribution is -2.07. The van der Waals surface area contributed by atoms with Gasteiger partial charge in [-0.3, -0.25) is 0 Å². The number of aromatic amines is 1. The highest BCUT2D eigenvalue weighted by molar-refractivity contribution is 6.31. The highest BCUT2D eigenvalue weighted by atomic mass is 35.5. The fraction of sp³-hybridized carbons (Fsp3) is 0.107. The van der Waals surface area contributed by atoms with Crippen molar-refractivity contribution in [2.75, 3.05) is 0 Å². The van der Waals surface area contributed by atoms with E-state index in [0.717, 1.165) is 39.9 Å². The molecule has 35 heavy (non-hydrogen) atoms. The van der Waals surface area contributed by atoms with Crippen LogP contribution in [0.15, 0.2) is 78.9 Å². The van der Waals surface area contributed by atoms with E-state index < -0.39 is 17.7 Å². The summed E-state index contributed by atoms with van der Waals surface area (Å²) in [6.45, 7) is 1.89.